The molecule has 0 spiro atoms. The third kappa shape index (κ3) is 6.32. The summed E-state index contributed by atoms with van der Waals surface area (Å²) in [6.07, 6.45) is 1.36. The fourth-order valence-corrected chi connectivity index (χ4v) is 0.677. The maximum atomic E-state index is 2.25. The first-order chi connectivity index (χ1) is 3.41. The maximum Gasteiger partial charge on any atom is 0.0772 e. The van der Waals surface area contributed by atoms with Crippen LogP contribution < -0.4 is 0 Å². The van der Waals surface area contributed by atoms with Crippen molar-refractivity contribution in [2.24, 2.45) is 0 Å². The first kappa shape index (κ1) is 7.32. The molecule has 34 valence electrons. The summed E-state index contributed by atoms with van der Waals surface area (Å²) in [4.78, 5) is 0. The maximum absolute atomic E-state index is 2.25. The Morgan fingerprint density at radius 1 is 1.43 bits per heavy atom. The molecule has 0 aromatic rings. The molecule has 7 heavy (non-hydrogen) atoms. The molecule has 0 nitrogen and oxygen atoms in total. The van der Waals surface area contributed by atoms with Gasteiger partial charge in [-0.2, -0.15) is 0 Å². The molecular formula is C2H11B5. The fourth-order valence-electron chi connectivity index (χ4n) is 0.677. The molecule has 0 atom stereocenters. The zero-order valence-electron chi connectivity index (χ0n) is 5.54. The smallest absolute Gasteiger partial charge is 0.0772 e. The third-order valence-corrected chi connectivity index (χ3v) is 1.21. The normalized spacial score (nSPS) is 7.00. The number of rotatable bonds is 4. The Morgan fingerprint density at radius 2 is 2.14 bits per heavy atom. The zero-order chi connectivity index (χ0) is 5.54. The van der Waals surface area contributed by atoms with E-state index < -0.39 is 0 Å². The molecule has 0 unspecified atom stereocenters. The van der Waals surface area contributed by atoms with Crippen LogP contribution in [-0.4, -0.2) is 36.1 Å². The molecule has 0 aromatic carbocycles. The lowest BCUT2D eigenvalue weighted by molar-refractivity contribution is 1.47. The lowest BCUT2D eigenvalue weighted by Gasteiger charge is -1.82. The van der Waals surface area contributed by atoms with Gasteiger partial charge < -0.3 is 0 Å². The SMILES string of the molecule is BBBBBCC. The summed E-state index contributed by atoms with van der Waals surface area (Å²) in [5, 5.41) is 0. The highest BCUT2D eigenvalue weighted by Gasteiger charge is 1.88. The summed E-state index contributed by atoms with van der Waals surface area (Å²) in [5.41, 5.74) is 0. The molecule has 0 bridgehead atoms. The molecule has 0 rings (SSSR count). The van der Waals surface area contributed by atoms with Crippen molar-refractivity contribution in [3.8, 4) is 0 Å². The van der Waals surface area contributed by atoms with Crippen molar-refractivity contribution in [1.82, 2.24) is 0 Å². The molecule has 0 radical (unpaired) electrons. The van der Waals surface area contributed by atoms with E-state index in [1.165, 1.54) is 34.7 Å². The molecule has 0 fully saturated rings. The monoisotopic (exact) mass is 90.1 g/mol. The van der Waals surface area contributed by atoms with E-state index in [0.29, 0.717) is 0 Å². The van der Waals surface area contributed by atoms with Gasteiger partial charge in [0.25, 0.3) is 0 Å². The molecule has 0 aromatic heterocycles. The second kappa shape index (κ2) is 6.32. The van der Waals surface area contributed by atoms with Crippen molar-refractivity contribution in [3.63, 3.8) is 0 Å². The van der Waals surface area contributed by atoms with Crippen molar-refractivity contribution in [3.05, 3.63) is 0 Å². The van der Waals surface area contributed by atoms with Crippen LogP contribution in [0.25, 0.3) is 0 Å². The molecule has 0 N–H and O–H groups in total. The number of hydrogen-bond acceptors (Lipinski definition) is 0. The molecule has 0 aliphatic heterocycles. The van der Waals surface area contributed by atoms with Crippen LogP contribution in [0.4, 0.5) is 0 Å². The van der Waals surface area contributed by atoms with Gasteiger partial charge in [-0.25, -0.2) is 0 Å². The molecular weight excluding hydrogens is 78.1 g/mol. The van der Waals surface area contributed by atoms with Crippen LogP contribution >= 0.6 is 0 Å². The van der Waals surface area contributed by atoms with Crippen molar-refractivity contribution < 1.29 is 0 Å². The van der Waals surface area contributed by atoms with E-state index in [-0.39, 0.29) is 0 Å². The van der Waals surface area contributed by atoms with Gasteiger partial charge in [0.2, 0.25) is 0 Å². The van der Waals surface area contributed by atoms with Crippen LogP contribution in [0.3, 0.4) is 0 Å². The summed E-state index contributed by atoms with van der Waals surface area (Å²) in [6, 6.07) is 0. The summed E-state index contributed by atoms with van der Waals surface area (Å²) in [6.45, 7) is 2.25. The highest BCUT2D eigenvalue weighted by Crippen LogP contribution is 1.66. The Bertz CT molecular complexity index is 25.3. The van der Waals surface area contributed by atoms with Gasteiger partial charge in [-0.3, -0.25) is 0 Å². The van der Waals surface area contributed by atoms with Gasteiger partial charge in [-0.05, 0) is 0 Å². The van der Waals surface area contributed by atoms with E-state index in [1.807, 2.05) is 0 Å². The largest absolute Gasteiger partial charge is 0.0881 e. The minimum absolute atomic E-state index is 1.36. The average Bonchev–Trinajstić information content (AvgIpc) is 1.69. The standard InChI is InChI=1S/C2H11B5/c1-2-4-6-7-5-3/h4-7H,2-3H2,1H3. The van der Waals surface area contributed by atoms with E-state index in [0.717, 1.165) is 0 Å². The lowest BCUT2D eigenvalue weighted by atomic mass is 9.04. The molecule has 0 saturated carbocycles. The Morgan fingerprint density at radius 3 is 2.57 bits per heavy atom. The molecule has 0 amide bonds. The third-order valence-electron chi connectivity index (χ3n) is 1.21. The highest BCUT2D eigenvalue weighted by molar-refractivity contribution is 7.51. The van der Waals surface area contributed by atoms with Crippen molar-refractivity contribution in [2.45, 2.75) is 13.2 Å². The topological polar surface area (TPSA) is 0 Å². The highest BCUT2D eigenvalue weighted by atomic mass is 13.3. The Balaban J connectivity index is 2.45. The Kier molecular flexibility index (Phi) is 6.62. The minimum atomic E-state index is 1.36. The van der Waals surface area contributed by atoms with Crippen molar-refractivity contribution >= 4 is 36.1 Å². The molecule has 0 saturated heterocycles. The molecule has 0 aliphatic carbocycles. The second-order valence-electron chi connectivity index (χ2n) is 2.06. The van der Waals surface area contributed by atoms with Crippen LogP contribution in [0.1, 0.15) is 6.92 Å². The van der Waals surface area contributed by atoms with Gasteiger partial charge in [0.1, 0.15) is 0 Å². The van der Waals surface area contributed by atoms with Gasteiger partial charge >= 0.3 is 0 Å². The average molecular weight is 89.2 g/mol. The van der Waals surface area contributed by atoms with Crippen LogP contribution in [0.2, 0.25) is 6.32 Å². The summed E-state index contributed by atoms with van der Waals surface area (Å²) >= 11 is 0. The van der Waals surface area contributed by atoms with E-state index in [9.17, 15) is 0 Å². The van der Waals surface area contributed by atoms with Gasteiger partial charge in [0.15, 0.2) is 0 Å². The fraction of sp³-hybridized carbons (Fsp3) is 1.00. The van der Waals surface area contributed by atoms with Crippen LogP contribution in [-0.2, 0) is 0 Å². The van der Waals surface area contributed by atoms with Crippen LogP contribution in [0, 0.1) is 0 Å². The van der Waals surface area contributed by atoms with E-state index in [4.69, 9.17) is 0 Å². The quantitative estimate of drug-likeness (QED) is 0.263. The predicted molar refractivity (Wildman–Crippen MR) is 47.6 cm³/mol. The van der Waals surface area contributed by atoms with E-state index in [2.05, 4.69) is 14.7 Å². The van der Waals surface area contributed by atoms with Crippen molar-refractivity contribution in [2.75, 3.05) is 0 Å². The van der Waals surface area contributed by atoms with Gasteiger partial charge in [-0.15, -0.1) is 0 Å². The zero-order valence-corrected chi connectivity index (χ0v) is 5.54. The lowest BCUT2D eigenvalue weighted by Crippen LogP contribution is -2.17. The van der Waals surface area contributed by atoms with E-state index in [1.54, 1.807) is 0 Å². The van der Waals surface area contributed by atoms with Crippen LogP contribution in [0.15, 0.2) is 0 Å². The van der Waals surface area contributed by atoms with Gasteiger partial charge in [-0.1, -0.05) is 13.2 Å². The molecule has 5 heteroatoms. The summed E-state index contributed by atoms with van der Waals surface area (Å²) < 4.78 is 0. The van der Waals surface area contributed by atoms with E-state index >= 15 is 0 Å². The van der Waals surface area contributed by atoms with Gasteiger partial charge in [0.05, 0.1) is 14.9 Å². The first-order valence-electron chi connectivity index (χ1n) is 3.41. The summed E-state index contributed by atoms with van der Waals surface area (Å²) in [5.74, 6) is 0. The Labute approximate surface area is 50.1 Å². The Hall–Kier alpha value is 0.325. The van der Waals surface area contributed by atoms with Crippen molar-refractivity contribution in [1.29, 1.82) is 0 Å². The minimum Gasteiger partial charge on any atom is -0.0881 e. The first-order valence-corrected chi connectivity index (χ1v) is 3.41. The molecule has 0 aliphatic rings. The predicted octanol–water partition coefficient (Wildman–Crippen LogP) is -2.54. The number of hydrogen-bond donors (Lipinski definition) is 0. The second-order valence-corrected chi connectivity index (χ2v) is 2.06. The van der Waals surface area contributed by atoms with Crippen LogP contribution in [0.5, 0.6) is 0 Å². The molecule has 0 heterocycles. The van der Waals surface area contributed by atoms with Gasteiger partial charge in [0, 0.05) is 21.2 Å². The summed E-state index contributed by atoms with van der Waals surface area (Å²) in [7, 11) is 7.89.